The Kier molecular flexibility index (Phi) is 9.57. The zero-order valence-corrected chi connectivity index (χ0v) is 27.1. The lowest BCUT2D eigenvalue weighted by atomic mass is 9.85. The lowest BCUT2D eigenvalue weighted by Gasteiger charge is -2.37. The van der Waals surface area contributed by atoms with Gasteiger partial charge in [-0.05, 0) is 38.3 Å². The number of amides is 3. The van der Waals surface area contributed by atoms with Crippen molar-refractivity contribution in [2.45, 2.75) is 78.4 Å². The molecule has 3 amide bonds. The van der Waals surface area contributed by atoms with E-state index in [1.165, 1.54) is 5.56 Å². The van der Waals surface area contributed by atoms with Gasteiger partial charge in [-0.1, -0.05) is 86.1 Å². The van der Waals surface area contributed by atoms with Crippen molar-refractivity contribution in [1.82, 2.24) is 35.4 Å². The van der Waals surface area contributed by atoms with Gasteiger partial charge in [-0.25, -0.2) is 4.79 Å². The van der Waals surface area contributed by atoms with Gasteiger partial charge in [0.15, 0.2) is 0 Å². The molecule has 0 aliphatic carbocycles. The van der Waals surface area contributed by atoms with Crippen LogP contribution in [0.5, 0.6) is 0 Å². The minimum Gasteiger partial charge on any atom is -0.445 e. The Bertz CT molecular complexity index is 1480. The minimum absolute atomic E-state index is 0.120. The van der Waals surface area contributed by atoms with E-state index in [2.05, 4.69) is 20.9 Å². The fourth-order valence-corrected chi connectivity index (χ4v) is 6.34. The smallest absolute Gasteiger partial charge is 0.410 e. The second kappa shape index (κ2) is 13.4. The average molecular weight is 616 g/mol. The highest BCUT2D eigenvalue weighted by Crippen LogP contribution is 2.38. The third-order valence-electron chi connectivity index (χ3n) is 8.99. The van der Waals surface area contributed by atoms with Gasteiger partial charge in [-0.15, -0.1) is 5.10 Å². The number of carbonyl (C=O) groups is 3. The number of ether oxygens (including phenoxy) is 1. The molecule has 0 spiro atoms. The molecule has 2 N–H and O–H groups in total. The number of carbonyl (C=O) groups excluding carboxylic acids is 3. The molecule has 5 unspecified atom stereocenters. The lowest BCUT2D eigenvalue weighted by Crippen LogP contribution is -2.59. The first-order chi connectivity index (χ1) is 21.5. The fourth-order valence-electron chi connectivity index (χ4n) is 6.34. The molecule has 3 heterocycles. The predicted octanol–water partition coefficient (Wildman–Crippen LogP) is 3.63. The Hall–Kier alpha value is -4.25. The Morgan fingerprint density at radius 2 is 1.76 bits per heavy atom. The van der Waals surface area contributed by atoms with Crippen molar-refractivity contribution < 1.29 is 19.1 Å². The zero-order valence-electron chi connectivity index (χ0n) is 27.1. The molecule has 3 aromatic rings. The molecule has 11 heteroatoms. The van der Waals surface area contributed by atoms with Gasteiger partial charge >= 0.3 is 6.09 Å². The quantitative estimate of drug-likeness (QED) is 0.377. The van der Waals surface area contributed by atoms with Crippen LogP contribution in [0.2, 0.25) is 0 Å². The molecule has 2 fully saturated rings. The monoisotopic (exact) mass is 615 g/mol. The van der Waals surface area contributed by atoms with Crippen LogP contribution in [0.3, 0.4) is 0 Å². The molecule has 240 valence electrons. The largest absolute Gasteiger partial charge is 0.445 e. The van der Waals surface area contributed by atoms with Crippen molar-refractivity contribution in [3.63, 3.8) is 0 Å². The van der Waals surface area contributed by atoms with Crippen LogP contribution >= 0.6 is 0 Å². The van der Waals surface area contributed by atoms with E-state index in [0.29, 0.717) is 26.1 Å². The van der Waals surface area contributed by atoms with E-state index in [4.69, 9.17) is 4.74 Å². The number of likely N-dealkylation sites (N-methyl/N-ethyl adjacent to an activating group) is 1. The summed E-state index contributed by atoms with van der Waals surface area (Å²) in [4.78, 5) is 44.4. The Morgan fingerprint density at radius 3 is 2.42 bits per heavy atom. The fraction of sp³-hybridized carbons (Fsp3) is 0.500. The van der Waals surface area contributed by atoms with Crippen LogP contribution < -0.4 is 10.6 Å². The number of nitrogens with zero attached hydrogens (tertiary/aromatic N) is 5. The second-order valence-corrected chi connectivity index (χ2v) is 13.3. The van der Waals surface area contributed by atoms with Gasteiger partial charge < -0.3 is 25.2 Å². The average Bonchev–Trinajstić information content (AvgIpc) is 3.75. The molecule has 0 saturated carbocycles. The van der Waals surface area contributed by atoms with Crippen molar-refractivity contribution in [1.29, 1.82) is 0 Å². The van der Waals surface area contributed by atoms with E-state index < -0.39 is 23.6 Å². The van der Waals surface area contributed by atoms with Gasteiger partial charge in [0.25, 0.3) is 0 Å². The molecular formula is C34H45N7O4. The summed E-state index contributed by atoms with van der Waals surface area (Å²) in [7, 11) is 1.71. The van der Waals surface area contributed by atoms with Crippen molar-refractivity contribution in [2.24, 2.45) is 11.3 Å². The molecule has 5 rings (SSSR count). The van der Waals surface area contributed by atoms with E-state index in [0.717, 1.165) is 16.8 Å². The van der Waals surface area contributed by atoms with Gasteiger partial charge in [0.05, 0.1) is 24.3 Å². The summed E-state index contributed by atoms with van der Waals surface area (Å²) in [5, 5.41) is 14.8. The number of aromatic nitrogens is 3. The van der Waals surface area contributed by atoms with E-state index in [1.54, 1.807) is 23.6 Å². The molecule has 1 aromatic heterocycles. The minimum atomic E-state index is -0.737. The molecule has 5 atom stereocenters. The zero-order chi connectivity index (χ0) is 32.3. The standard InChI is InChI=1S/C34H45N7O4/c1-22-12-14-25(15-13-22)27-20-39(38-37-27)18-26-19-41(33(44)45-21-24-10-8-7-9-11-24)28-16-17-40(29(26)28)32(43)30(34(3,4)5)36-31(42)23(2)35-6/h7-15,20,23,26,28-30,35H,16-19,21H2,1-6H3,(H,36,42). The van der Waals surface area contributed by atoms with Gasteiger partial charge in [-0.2, -0.15) is 0 Å². The van der Waals surface area contributed by atoms with Crippen LogP contribution in [-0.2, 0) is 27.5 Å². The Labute approximate surface area is 265 Å². The summed E-state index contributed by atoms with van der Waals surface area (Å²) in [6.07, 6.45) is 2.14. The maximum Gasteiger partial charge on any atom is 0.410 e. The molecule has 0 bridgehead atoms. The molecule has 2 aliphatic rings. The summed E-state index contributed by atoms with van der Waals surface area (Å²) in [5.41, 5.74) is 3.28. The SMILES string of the molecule is CNC(C)C(=O)NC(C(=O)N1CCC2C1C(Cn1cc(-c3ccc(C)cc3)nn1)CN2C(=O)OCc1ccccc1)C(C)(C)C. The molecule has 2 aliphatic heterocycles. The van der Waals surface area contributed by atoms with Gasteiger partial charge in [0.2, 0.25) is 11.8 Å². The normalized spacial score (nSPS) is 20.9. The summed E-state index contributed by atoms with van der Waals surface area (Å²) in [5.74, 6) is -0.497. The van der Waals surface area contributed by atoms with Crippen molar-refractivity contribution in [3.8, 4) is 11.3 Å². The van der Waals surface area contributed by atoms with E-state index in [1.807, 2.05) is 93.4 Å². The van der Waals surface area contributed by atoms with Gasteiger partial charge in [0.1, 0.15) is 18.3 Å². The van der Waals surface area contributed by atoms with Crippen LogP contribution in [0, 0.1) is 18.3 Å². The first-order valence-corrected chi connectivity index (χ1v) is 15.7. The Balaban J connectivity index is 1.39. The maximum absolute atomic E-state index is 14.3. The van der Waals surface area contributed by atoms with Crippen LogP contribution in [0.25, 0.3) is 11.3 Å². The molecule has 11 nitrogen and oxygen atoms in total. The van der Waals surface area contributed by atoms with E-state index in [-0.39, 0.29) is 36.4 Å². The third kappa shape index (κ3) is 7.19. The summed E-state index contributed by atoms with van der Waals surface area (Å²) >= 11 is 0. The highest BCUT2D eigenvalue weighted by Gasteiger charge is 2.54. The highest BCUT2D eigenvalue weighted by molar-refractivity contribution is 5.90. The molecular weight excluding hydrogens is 570 g/mol. The molecule has 45 heavy (non-hydrogen) atoms. The van der Waals surface area contributed by atoms with Crippen LogP contribution in [0.15, 0.2) is 60.8 Å². The van der Waals surface area contributed by atoms with Gasteiger partial charge in [0, 0.05) is 31.1 Å². The molecule has 2 saturated heterocycles. The van der Waals surface area contributed by atoms with Crippen molar-refractivity contribution in [3.05, 3.63) is 71.9 Å². The number of likely N-dealkylation sites (tertiary alicyclic amines) is 2. The first-order valence-electron chi connectivity index (χ1n) is 15.7. The van der Waals surface area contributed by atoms with Crippen molar-refractivity contribution >= 4 is 17.9 Å². The predicted molar refractivity (Wildman–Crippen MR) is 171 cm³/mol. The highest BCUT2D eigenvalue weighted by atomic mass is 16.6. The van der Waals surface area contributed by atoms with Gasteiger partial charge in [-0.3, -0.25) is 14.3 Å². The first kappa shape index (κ1) is 32.2. The summed E-state index contributed by atoms with van der Waals surface area (Å²) in [6.45, 7) is 11.2. The molecule has 0 radical (unpaired) electrons. The lowest BCUT2D eigenvalue weighted by molar-refractivity contribution is -0.141. The number of hydrogen-bond donors (Lipinski definition) is 2. The summed E-state index contributed by atoms with van der Waals surface area (Å²) in [6, 6.07) is 16.1. The van der Waals surface area contributed by atoms with E-state index in [9.17, 15) is 14.4 Å². The topological polar surface area (TPSA) is 122 Å². The molecule has 2 aromatic carbocycles. The third-order valence-corrected chi connectivity index (χ3v) is 8.99. The second-order valence-electron chi connectivity index (χ2n) is 13.3. The summed E-state index contributed by atoms with van der Waals surface area (Å²) < 4.78 is 7.56. The maximum atomic E-state index is 14.3. The number of benzene rings is 2. The van der Waals surface area contributed by atoms with Crippen LogP contribution in [0.4, 0.5) is 4.79 Å². The van der Waals surface area contributed by atoms with Crippen molar-refractivity contribution in [2.75, 3.05) is 20.1 Å². The van der Waals surface area contributed by atoms with Crippen LogP contribution in [0.1, 0.15) is 45.2 Å². The van der Waals surface area contributed by atoms with E-state index >= 15 is 0 Å². The Morgan fingerprint density at radius 1 is 1.04 bits per heavy atom. The van der Waals surface area contributed by atoms with Crippen LogP contribution in [-0.4, -0.2) is 87.0 Å². The number of hydrogen-bond acceptors (Lipinski definition) is 7. The number of aryl methyl sites for hydroxylation is 1. The number of rotatable bonds is 9. The number of fused-ring (bicyclic) bond motifs is 1. The number of nitrogens with one attached hydrogen (secondary N) is 2.